The van der Waals surface area contributed by atoms with E-state index in [9.17, 15) is 14.4 Å². The fourth-order valence-corrected chi connectivity index (χ4v) is 2.39. The smallest absolute Gasteiger partial charge is 0.307 e. The summed E-state index contributed by atoms with van der Waals surface area (Å²) in [4.78, 5) is 35.1. The highest BCUT2D eigenvalue weighted by atomic mass is 35.5. The Morgan fingerprint density at radius 1 is 1.00 bits per heavy atom. The van der Waals surface area contributed by atoms with Gasteiger partial charge in [0, 0.05) is 10.6 Å². The number of aliphatic carboxylic acids is 1. The van der Waals surface area contributed by atoms with Gasteiger partial charge in [0.2, 0.25) is 5.91 Å². The quantitative estimate of drug-likeness (QED) is 0.584. The molecular formula is C15H15ClN2O4. The number of hydrazine groups is 1. The summed E-state index contributed by atoms with van der Waals surface area (Å²) < 4.78 is 0. The van der Waals surface area contributed by atoms with Crippen LogP contribution in [0.15, 0.2) is 36.4 Å². The Bertz CT molecular complexity index is 612. The van der Waals surface area contributed by atoms with Crippen LogP contribution in [0.2, 0.25) is 5.02 Å². The first-order valence-corrected chi connectivity index (χ1v) is 7.10. The summed E-state index contributed by atoms with van der Waals surface area (Å²) in [5.74, 6) is -3.51. The van der Waals surface area contributed by atoms with Crippen molar-refractivity contribution in [2.24, 2.45) is 11.8 Å². The van der Waals surface area contributed by atoms with E-state index in [0.717, 1.165) is 0 Å². The maximum atomic E-state index is 12.1. The van der Waals surface area contributed by atoms with Crippen molar-refractivity contribution >= 4 is 29.4 Å². The molecule has 0 radical (unpaired) electrons. The molecule has 0 aliphatic heterocycles. The van der Waals surface area contributed by atoms with Gasteiger partial charge >= 0.3 is 5.97 Å². The maximum absolute atomic E-state index is 12.1. The molecule has 116 valence electrons. The minimum absolute atomic E-state index is 0.304. The molecule has 2 amide bonds. The lowest BCUT2D eigenvalue weighted by Gasteiger charge is -2.24. The molecule has 0 heterocycles. The second-order valence-corrected chi connectivity index (χ2v) is 5.38. The first-order chi connectivity index (χ1) is 10.5. The summed E-state index contributed by atoms with van der Waals surface area (Å²) in [5.41, 5.74) is 4.89. The van der Waals surface area contributed by atoms with E-state index >= 15 is 0 Å². The van der Waals surface area contributed by atoms with Gasteiger partial charge in [-0.2, -0.15) is 0 Å². The highest BCUT2D eigenvalue weighted by molar-refractivity contribution is 6.30. The van der Waals surface area contributed by atoms with E-state index < -0.39 is 29.6 Å². The fourth-order valence-electron chi connectivity index (χ4n) is 2.26. The van der Waals surface area contributed by atoms with Crippen LogP contribution in [-0.4, -0.2) is 22.9 Å². The SMILES string of the molecule is O=C(NNC(=O)[C@@H]1CC=CC[C@@H]1C(=O)O)c1ccc(Cl)cc1. The van der Waals surface area contributed by atoms with Gasteiger partial charge < -0.3 is 5.11 Å². The Morgan fingerprint density at radius 3 is 2.18 bits per heavy atom. The molecule has 1 aromatic rings. The van der Waals surface area contributed by atoms with E-state index in [0.29, 0.717) is 23.4 Å². The molecule has 2 rings (SSSR count). The molecular weight excluding hydrogens is 308 g/mol. The Morgan fingerprint density at radius 2 is 1.59 bits per heavy atom. The van der Waals surface area contributed by atoms with E-state index in [4.69, 9.17) is 16.7 Å². The van der Waals surface area contributed by atoms with Crippen LogP contribution in [0.4, 0.5) is 0 Å². The highest BCUT2D eigenvalue weighted by Crippen LogP contribution is 2.25. The number of amides is 2. The third-order valence-electron chi connectivity index (χ3n) is 3.49. The topological polar surface area (TPSA) is 95.5 Å². The standard InChI is InChI=1S/C15H15ClN2O4/c16-10-7-5-9(6-8-10)13(19)17-18-14(20)11-3-1-2-4-12(11)15(21)22/h1-2,5-8,11-12H,3-4H2,(H,17,19)(H,18,20)(H,21,22)/t11-,12+/m1/s1. The van der Waals surface area contributed by atoms with Gasteiger partial charge in [0.15, 0.2) is 0 Å². The van der Waals surface area contributed by atoms with E-state index in [1.54, 1.807) is 24.3 Å². The number of carboxylic acid groups (broad SMARTS) is 1. The first-order valence-electron chi connectivity index (χ1n) is 6.72. The van der Waals surface area contributed by atoms with Crippen LogP contribution in [0, 0.1) is 11.8 Å². The Hall–Kier alpha value is -2.34. The predicted molar refractivity (Wildman–Crippen MR) is 80.1 cm³/mol. The van der Waals surface area contributed by atoms with Crippen molar-refractivity contribution in [3.05, 3.63) is 47.0 Å². The summed E-state index contributed by atoms with van der Waals surface area (Å²) in [7, 11) is 0. The van der Waals surface area contributed by atoms with Crippen molar-refractivity contribution in [2.75, 3.05) is 0 Å². The molecule has 2 atom stereocenters. The monoisotopic (exact) mass is 322 g/mol. The number of rotatable bonds is 3. The zero-order valence-electron chi connectivity index (χ0n) is 11.6. The van der Waals surface area contributed by atoms with Gasteiger partial charge in [-0.1, -0.05) is 23.8 Å². The van der Waals surface area contributed by atoms with Crippen molar-refractivity contribution in [1.29, 1.82) is 0 Å². The predicted octanol–water partition coefficient (Wildman–Crippen LogP) is 1.77. The van der Waals surface area contributed by atoms with E-state index in [1.165, 1.54) is 12.1 Å². The van der Waals surface area contributed by atoms with Crippen LogP contribution < -0.4 is 10.9 Å². The van der Waals surface area contributed by atoms with E-state index in [-0.39, 0.29) is 0 Å². The number of halogens is 1. The molecule has 1 aliphatic rings. The molecule has 6 nitrogen and oxygen atoms in total. The molecule has 0 unspecified atom stereocenters. The normalized spacial score (nSPS) is 20.2. The average Bonchev–Trinajstić information content (AvgIpc) is 2.53. The van der Waals surface area contributed by atoms with Crippen LogP contribution in [-0.2, 0) is 9.59 Å². The van der Waals surface area contributed by atoms with Gasteiger partial charge in [-0.25, -0.2) is 0 Å². The third-order valence-corrected chi connectivity index (χ3v) is 3.74. The van der Waals surface area contributed by atoms with Crippen molar-refractivity contribution in [3.8, 4) is 0 Å². The molecule has 1 aliphatic carbocycles. The number of nitrogens with one attached hydrogen (secondary N) is 2. The zero-order valence-corrected chi connectivity index (χ0v) is 12.3. The Balaban J connectivity index is 1.94. The van der Waals surface area contributed by atoms with Gasteiger partial charge in [-0.3, -0.25) is 25.2 Å². The number of hydrogen-bond acceptors (Lipinski definition) is 3. The Labute approximate surface area is 132 Å². The van der Waals surface area contributed by atoms with Gasteiger partial charge in [-0.05, 0) is 37.1 Å². The van der Waals surface area contributed by atoms with Crippen molar-refractivity contribution in [1.82, 2.24) is 10.9 Å². The molecule has 0 saturated carbocycles. The largest absolute Gasteiger partial charge is 0.481 e. The minimum atomic E-state index is -1.02. The van der Waals surface area contributed by atoms with Gasteiger partial charge in [0.1, 0.15) is 0 Å². The number of carbonyl (C=O) groups excluding carboxylic acids is 2. The van der Waals surface area contributed by atoms with E-state index in [2.05, 4.69) is 10.9 Å². The number of carboxylic acids is 1. The maximum Gasteiger partial charge on any atom is 0.307 e. The third kappa shape index (κ3) is 3.85. The first kappa shape index (κ1) is 16.0. The lowest BCUT2D eigenvalue weighted by atomic mass is 9.82. The molecule has 0 bridgehead atoms. The lowest BCUT2D eigenvalue weighted by molar-refractivity contribution is -0.147. The number of benzene rings is 1. The molecule has 7 heteroatoms. The molecule has 0 saturated heterocycles. The minimum Gasteiger partial charge on any atom is -0.481 e. The van der Waals surface area contributed by atoms with Crippen LogP contribution in [0.1, 0.15) is 23.2 Å². The molecule has 0 fully saturated rings. The summed E-state index contributed by atoms with van der Waals surface area (Å²) >= 11 is 5.73. The van der Waals surface area contributed by atoms with Gasteiger partial charge in [0.25, 0.3) is 5.91 Å². The lowest BCUT2D eigenvalue weighted by Crippen LogP contribution is -2.47. The van der Waals surface area contributed by atoms with E-state index in [1.807, 2.05) is 0 Å². The summed E-state index contributed by atoms with van der Waals surface area (Å²) in [5, 5.41) is 9.62. The molecule has 3 N–H and O–H groups in total. The second-order valence-electron chi connectivity index (χ2n) is 4.94. The summed E-state index contributed by atoms with van der Waals surface area (Å²) in [6, 6.07) is 6.16. The van der Waals surface area contributed by atoms with Gasteiger partial charge in [0.05, 0.1) is 11.8 Å². The van der Waals surface area contributed by atoms with Crippen LogP contribution >= 0.6 is 11.6 Å². The molecule has 22 heavy (non-hydrogen) atoms. The summed E-state index contributed by atoms with van der Waals surface area (Å²) in [6.45, 7) is 0. The number of allylic oxidation sites excluding steroid dienone is 2. The van der Waals surface area contributed by atoms with Crippen molar-refractivity contribution in [3.63, 3.8) is 0 Å². The van der Waals surface area contributed by atoms with Crippen molar-refractivity contribution in [2.45, 2.75) is 12.8 Å². The molecule has 0 spiro atoms. The average molecular weight is 323 g/mol. The fraction of sp³-hybridized carbons (Fsp3) is 0.267. The van der Waals surface area contributed by atoms with Crippen molar-refractivity contribution < 1.29 is 19.5 Å². The Kier molecular flexibility index (Phi) is 5.16. The number of hydrogen-bond donors (Lipinski definition) is 3. The van der Waals surface area contributed by atoms with Crippen LogP contribution in [0.5, 0.6) is 0 Å². The number of carbonyl (C=O) groups is 3. The van der Waals surface area contributed by atoms with Crippen LogP contribution in [0.25, 0.3) is 0 Å². The second kappa shape index (κ2) is 7.09. The molecule has 1 aromatic carbocycles. The molecule has 0 aromatic heterocycles. The highest BCUT2D eigenvalue weighted by Gasteiger charge is 2.34. The van der Waals surface area contributed by atoms with Gasteiger partial charge in [-0.15, -0.1) is 0 Å². The zero-order chi connectivity index (χ0) is 16.1. The summed E-state index contributed by atoms with van der Waals surface area (Å²) in [6.07, 6.45) is 4.15. The van der Waals surface area contributed by atoms with Crippen LogP contribution in [0.3, 0.4) is 0 Å².